The molecule has 4 heteroatoms. The van der Waals surface area contributed by atoms with Gasteiger partial charge >= 0.3 is 5.97 Å². The highest BCUT2D eigenvalue weighted by atomic mass is 32.2. The van der Waals surface area contributed by atoms with Crippen molar-refractivity contribution in [3.05, 3.63) is 42.0 Å². The molecule has 2 rings (SSSR count). The normalized spacial score (nSPS) is 10.1. The van der Waals surface area contributed by atoms with E-state index in [-0.39, 0.29) is 5.75 Å². The number of thioether (sulfide) groups is 1. The Hall–Kier alpha value is -1.99. The van der Waals surface area contributed by atoms with Gasteiger partial charge in [-0.25, -0.2) is 0 Å². The summed E-state index contributed by atoms with van der Waals surface area (Å²) < 4.78 is 0. The van der Waals surface area contributed by atoms with Crippen molar-refractivity contribution in [1.29, 1.82) is 5.26 Å². The first-order valence-corrected chi connectivity index (χ1v) is 5.97. The number of benzene rings is 2. The molecule has 84 valence electrons. The molecule has 0 aliphatic rings. The Morgan fingerprint density at radius 1 is 1.29 bits per heavy atom. The van der Waals surface area contributed by atoms with Gasteiger partial charge in [0, 0.05) is 4.90 Å². The highest BCUT2D eigenvalue weighted by molar-refractivity contribution is 8.00. The van der Waals surface area contributed by atoms with Crippen LogP contribution in [-0.4, -0.2) is 16.8 Å². The quantitative estimate of drug-likeness (QED) is 0.842. The van der Waals surface area contributed by atoms with Gasteiger partial charge in [-0.15, -0.1) is 11.8 Å². The first-order chi connectivity index (χ1) is 8.22. The summed E-state index contributed by atoms with van der Waals surface area (Å²) in [6.07, 6.45) is 0. The molecule has 0 spiro atoms. The van der Waals surface area contributed by atoms with E-state index in [2.05, 4.69) is 6.07 Å². The van der Waals surface area contributed by atoms with Crippen molar-refractivity contribution < 1.29 is 9.90 Å². The second-order valence-electron chi connectivity index (χ2n) is 3.46. The minimum Gasteiger partial charge on any atom is -0.481 e. The van der Waals surface area contributed by atoms with Crippen molar-refractivity contribution in [2.45, 2.75) is 4.90 Å². The van der Waals surface area contributed by atoms with Gasteiger partial charge in [-0.2, -0.15) is 5.26 Å². The Balaban J connectivity index is 2.55. The predicted molar refractivity (Wildman–Crippen MR) is 67.0 cm³/mol. The number of fused-ring (bicyclic) bond motifs is 1. The zero-order valence-electron chi connectivity index (χ0n) is 8.88. The van der Waals surface area contributed by atoms with Crippen molar-refractivity contribution in [3.63, 3.8) is 0 Å². The molecule has 0 aromatic heterocycles. The van der Waals surface area contributed by atoms with E-state index in [0.29, 0.717) is 5.56 Å². The third-order valence-corrected chi connectivity index (χ3v) is 3.46. The van der Waals surface area contributed by atoms with Gasteiger partial charge in [-0.1, -0.05) is 30.3 Å². The fourth-order valence-electron chi connectivity index (χ4n) is 1.62. The molecule has 0 aliphatic carbocycles. The van der Waals surface area contributed by atoms with Crippen molar-refractivity contribution in [2.75, 3.05) is 5.75 Å². The number of rotatable bonds is 3. The molecule has 0 saturated heterocycles. The van der Waals surface area contributed by atoms with Crippen LogP contribution < -0.4 is 0 Å². The molecule has 17 heavy (non-hydrogen) atoms. The summed E-state index contributed by atoms with van der Waals surface area (Å²) in [7, 11) is 0. The Morgan fingerprint density at radius 3 is 2.76 bits per heavy atom. The maximum atomic E-state index is 10.6. The second kappa shape index (κ2) is 4.89. The Bertz CT molecular complexity index is 616. The van der Waals surface area contributed by atoms with E-state index >= 15 is 0 Å². The van der Waals surface area contributed by atoms with Crippen LogP contribution in [0.1, 0.15) is 5.56 Å². The van der Waals surface area contributed by atoms with Gasteiger partial charge < -0.3 is 5.11 Å². The van der Waals surface area contributed by atoms with Crippen LogP contribution in [0.25, 0.3) is 10.8 Å². The van der Waals surface area contributed by atoms with Crippen LogP contribution >= 0.6 is 11.8 Å². The van der Waals surface area contributed by atoms with E-state index in [1.165, 1.54) is 11.8 Å². The zero-order valence-corrected chi connectivity index (χ0v) is 9.70. The van der Waals surface area contributed by atoms with Gasteiger partial charge in [0.1, 0.15) is 6.07 Å². The van der Waals surface area contributed by atoms with Gasteiger partial charge in [0.25, 0.3) is 0 Å². The summed E-state index contributed by atoms with van der Waals surface area (Å²) in [6.45, 7) is 0. The molecule has 2 aromatic carbocycles. The van der Waals surface area contributed by atoms with E-state index < -0.39 is 5.97 Å². The summed E-state index contributed by atoms with van der Waals surface area (Å²) in [5, 5.41) is 19.7. The monoisotopic (exact) mass is 243 g/mol. The Kier molecular flexibility index (Phi) is 3.31. The minimum absolute atomic E-state index is 0.0390. The lowest BCUT2D eigenvalue weighted by molar-refractivity contribution is -0.133. The van der Waals surface area contributed by atoms with Gasteiger partial charge in [-0.05, 0) is 16.8 Å². The van der Waals surface area contributed by atoms with Gasteiger partial charge in [0.15, 0.2) is 0 Å². The molecule has 0 unspecified atom stereocenters. The number of hydrogen-bond acceptors (Lipinski definition) is 3. The fourth-order valence-corrected chi connectivity index (χ4v) is 2.50. The molecule has 3 nitrogen and oxygen atoms in total. The highest BCUT2D eigenvalue weighted by Crippen LogP contribution is 2.31. The fraction of sp³-hybridized carbons (Fsp3) is 0.0769. The molecule has 0 heterocycles. The number of nitrogens with zero attached hydrogens (tertiary/aromatic N) is 1. The van der Waals surface area contributed by atoms with Crippen LogP contribution in [0.3, 0.4) is 0 Å². The lowest BCUT2D eigenvalue weighted by atomic mass is 10.1. The second-order valence-corrected chi connectivity index (χ2v) is 4.44. The van der Waals surface area contributed by atoms with E-state index in [4.69, 9.17) is 10.4 Å². The maximum absolute atomic E-state index is 10.6. The van der Waals surface area contributed by atoms with Crippen molar-refractivity contribution in [2.24, 2.45) is 0 Å². The van der Waals surface area contributed by atoms with Crippen molar-refractivity contribution in [3.8, 4) is 6.07 Å². The highest BCUT2D eigenvalue weighted by Gasteiger charge is 2.09. The van der Waals surface area contributed by atoms with Gasteiger partial charge in [0.2, 0.25) is 0 Å². The summed E-state index contributed by atoms with van der Waals surface area (Å²) in [5.41, 5.74) is 0.523. The number of carboxylic acids is 1. The largest absolute Gasteiger partial charge is 0.481 e. The lowest BCUT2D eigenvalue weighted by Gasteiger charge is -2.06. The third kappa shape index (κ3) is 2.40. The first kappa shape index (κ1) is 11.5. The van der Waals surface area contributed by atoms with Crippen LogP contribution in [0, 0.1) is 11.3 Å². The molecular formula is C13H9NO2S. The van der Waals surface area contributed by atoms with Crippen molar-refractivity contribution >= 4 is 28.5 Å². The molecule has 2 aromatic rings. The minimum atomic E-state index is -0.883. The summed E-state index contributed by atoms with van der Waals surface area (Å²) >= 11 is 1.19. The number of aliphatic carboxylic acids is 1. The average molecular weight is 243 g/mol. The average Bonchev–Trinajstić information content (AvgIpc) is 2.35. The number of carbonyl (C=O) groups is 1. The van der Waals surface area contributed by atoms with E-state index in [0.717, 1.165) is 15.7 Å². The van der Waals surface area contributed by atoms with Crippen LogP contribution in [0.2, 0.25) is 0 Å². The molecule has 0 fully saturated rings. The van der Waals surface area contributed by atoms with E-state index in [1.807, 2.05) is 30.3 Å². The van der Waals surface area contributed by atoms with E-state index in [1.54, 1.807) is 6.07 Å². The molecule has 0 radical (unpaired) electrons. The lowest BCUT2D eigenvalue weighted by Crippen LogP contribution is -1.98. The maximum Gasteiger partial charge on any atom is 0.313 e. The number of hydrogen-bond donors (Lipinski definition) is 1. The summed E-state index contributed by atoms with van der Waals surface area (Å²) in [5.74, 6) is -0.922. The number of nitriles is 1. The molecule has 1 N–H and O–H groups in total. The molecular weight excluding hydrogens is 234 g/mol. The van der Waals surface area contributed by atoms with Gasteiger partial charge in [0.05, 0.1) is 11.3 Å². The first-order valence-electron chi connectivity index (χ1n) is 4.99. The van der Waals surface area contributed by atoms with Crippen LogP contribution in [0.5, 0.6) is 0 Å². The topological polar surface area (TPSA) is 61.1 Å². The van der Waals surface area contributed by atoms with Crippen LogP contribution in [-0.2, 0) is 4.79 Å². The van der Waals surface area contributed by atoms with Crippen molar-refractivity contribution in [1.82, 2.24) is 0 Å². The third-order valence-electron chi connectivity index (χ3n) is 2.34. The smallest absolute Gasteiger partial charge is 0.313 e. The standard InChI is InChI=1S/C13H9NO2S/c14-7-10-6-5-9-3-1-2-4-11(9)13(10)17-8-12(15)16/h1-6H,8H2,(H,15,16). The Labute approximate surface area is 103 Å². The van der Waals surface area contributed by atoms with Crippen LogP contribution in [0.4, 0.5) is 0 Å². The van der Waals surface area contributed by atoms with E-state index in [9.17, 15) is 4.79 Å². The molecule has 0 bridgehead atoms. The molecule has 0 atom stereocenters. The van der Waals surface area contributed by atoms with Gasteiger partial charge in [-0.3, -0.25) is 4.79 Å². The molecule has 0 amide bonds. The zero-order chi connectivity index (χ0) is 12.3. The molecule has 0 aliphatic heterocycles. The predicted octanol–water partition coefficient (Wildman–Crippen LogP) is 2.89. The Morgan fingerprint density at radius 2 is 2.06 bits per heavy atom. The summed E-state index contributed by atoms with van der Waals surface area (Å²) in [4.78, 5) is 11.3. The number of carboxylic acid groups (broad SMARTS) is 1. The van der Waals surface area contributed by atoms with Crippen LogP contribution in [0.15, 0.2) is 41.3 Å². The SMILES string of the molecule is N#Cc1ccc2ccccc2c1SCC(=O)O. The molecule has 0 saturated carbocycles. The summed E-state index contributed by atoms with van der Waals surface area (Å²) in [6, 6.07) is 13.3.